The Morgan fingerprint density at radius 3 is 2.38 bits per heavy atom. The lowest BCUT2D eigenvalue weighted by Gasteiger charge is -2.19. The van der Waals surface area contributed by atoms with Crippen LogP contribution < -0.4 is 0 Å². The fraction of sp³-hybridized carbons (Fsp3) is 0.333. The molecule has 1 amide bonds. The maximum Gasteiger partial charge on any atom is 0.323 e. The zero-order chi connectivity index (χ0) is 12.1. The summed E-state index contributed by atoms with van der Waals surface area (Å²) in [6.07, 6.45) is 0. The third kappa shape index (κ3) is 3.08. The van der Waals surface area contributed by atoms with Crippen LogP contribution in [-0.2, 0) is 9.59 Å². The quantitative estimate of drug-likeness (QED) is 0.834. The Morgan fingerprint density at radius 1 is 1.31 bits per heavy atom. The fourth-order valence-corrected chi connectivity index (χ4v) is 1.50. The van der Waals surface area contributed by atoms with Gasteiger partial charge in [0.25, 0.3) is 0 Å². The van der Waals surface area contributed by atoms with Gasteiger partial charge in [-0.3, -0.25) is 9.59 Å². The number of carbonyl (C=O) groups is 2. The molecule has 0 fully saturated rings. The van der Waals surface area contributed by atoms with E-state index in [-0.39, 0.29) is 18.4 Å². The molecule has 1 unspecified atom stereocenters. The summed E-state index contributed by atoms with van der Waals surface area (Å²) in [5.74, 6) is -1.50. The molecular formula is C12H15NO3. The lowest BCUT2D eigenvalue weighted by atomic mass is 10.00. The molecule has 0 aliphatic carbocycles. The van der Waals surface area contributed by atoms with Gasteiger partial charge in [0, 0.05) is 7.05 Å². The lowest BCUT2D eigenvalue weighted by Crippen LogP contribution is -2.34. The predicted molar refractivity (Wildman–Crippen MR) is 60.1 cm³/mol. The van der Waals surface area contributed by atoms with Gasteiger partial charge in [-0.2, -0.15) is 0 Å². The second-order valence-electron chi connectivity index (χ2n) is 3.72. The highest BCUT2D eigenvalue weighted by atomic mass is 16.4. The number of carboxylic acid groups (broad SMARTS) is 1. The van der Waals surface area contributed by atoms with Crippen LogP contribution in [0.25, 0.3) is 0 Å². The van der Waals surface area contributed by atoms with E-state index in [4.69, 9.17) is 5.11 Å². The molecule has 86 valence electrons. The summed E-state index contributed by atoms with van der Waals surface area (Å²) < 4.78 is 0. The summed E-state index contributed by atoms with van der Waals surface area (Å²) in [6, 6.07) is 9.31. The molecule has 1 N–H and O–H groups in total. The summed E-state index contributed by atoms with van der Waals surface area (Å²) in [5, 5.41) is 8.59. The highest BCUT2D eigenvalue weighted by molar-refractivity contribution is 5.86. The first-order chi connectivity index (χ1) is 7.52. The molecule has 16 heavy (non-hydrogen) atoms. The number of rotatable bonds is 4. The summed E-state index contributed by atoms with van der Waals surface area (Å²) in [7, 11) is 1.50. The Hall–Kier alpha value is -1.84. The highest BCUT2D eigenvalue weighted by Gasteiger charge is 2.20. The number of nitrogens with zero attached hydrogens (tertiary/aromatic N) is 1. The number of hydrogen-bond acceptors (Lipinski definition) is 2. The maximum atomic E-state index is 11.8. The van der Waals surface area contributed by atoms with Crippen molar-refractivity contribution in [1.29, 1.82) is 0 Å². The first-order valence-electron chi connectivity index (χ1n) is 5.04. The summed E-state index contributed by atoms with van der Waals surface area (Å²) >= 11 is 0. The molecule has 0 aliphatic heterocycles. The molecular weight excluding hydrogens is 206 g/mol. The van der Waals surface area contributed by atoms with Gasteiger partial charge in [0.05, 0.1) is 5.92 Å². The van der Waals surface area contributed by atoms with Crippen LogP contribution in [0.15, 0.2) is 30.3 Å². The largest absolute Gasteiger partial charge is 0.480 e. The van der Waals surface area contributed by atoms with E-state index in [1.165, 1.54) is 11.9 Å². The van der Waals surface area contributed by atoms with Gasteiger partial charge >= 0.3 is 5.97 Å². The summed E-state index contributed by atoms with van der Waals surface area (Å²) in [5.41, 5.74) is 0.893. The van der Waals surface area contributed by atoms with Crippen LogP contribution >= 0.6 is 0 Å². The van der Waals surface area contributed by atoms with E-state index in [2.05, 4.69) is 0 Å². The van der Waals surface area contributed by atoms with Gasteiger partial charge in [-0.05, 0) is 12.5 Å². The van der Waals surface area contributed by atoms with Gasteiger partial charge in [-0.1, -0.05) is 30.3 Å². The van der Waals surface area contributed by atoms with E-state index in [9.17, 15) is 9.59 Å². The van der Waals surface area contributed by atoms with Crippen molar-refractivity contribution in [2.24, 2.45) is 0 Å². The summed E-state index contributed by atoms with van der Waals surface area (Å²) in [4.78, 5) is 23.5. The van der Waals surface area contributed by atoms with Gasteiger partial charge in [-0.15, -0.1) is 0 Å². The average molecular weight is 221 g/mol. The zero-order valence-electron chi connectivity index (χ0n) is 9.38. The molecule has 1 aromatic carbocycles. The Kier molecular flexibility index (Phi) is 4.05. The minimum Gasteiger partial charge on any atom is -0.480 e. The molecule has 4 heteroatoms. The van der Waals surface area contributed by atoms with Crippen LogP contribution in [0.1, 0.15) is 18.4 Å². The van der Waals surface area contributed by atoms with E-state index in [1.807, 2.05) is 30.3 Å². The van der Waals surface area contributed by atoms with Crippen molar-refractivity contribution in [3.05, 3.63) is 35.9 Å². The lowest BCUT2D eigenvalue weighted by molar-refractivity contribution is -0.143. The second-order valence-corrected chi connectivity index (χ2v) is 3.72. The Morgan fingerprint density at radius 2 is 1.88 bits per heavy atom. The molecule has 0 saturated carbocycles. The van der Waals surface area contributed by atoms with Gasteiger partial charge in [0.2, 0.25) is 5.91 Å². The molecule has 1 aromatic rings. The van der Waals surface area contributed by atoms with Crippen LogP contribution in [0.5, 0.6) is 0 Å². The van der Waals surface area contributed by atoms with E-state index < -0.39 is 5.97 Å². The molecule has 1 atom stereocenters. The van der Waals surface area contributed by atoms with Gasteiger partial charge < -0.3 is 10.0 Å². The highest BCUT2D eigenvalue weighted by Crippen LogP contribution is 2.16. The van der Waals surface area contributed by atoms with E-state index in [0.29, 0.717) is 0 Å². The number of benzene rings is 1. The van der Waals surface area contributed by atoms with E-state index in [1.54, 1.807) is 6.92 Å². The molecule has 0 radical (unpaired) electrons. The smallest absolute Gasteiger partial charge is 0.323 e. The Balaban J connectivity index is 2.71. The van der Waals surface area contributed by atoms with Crippen molar-refractivity contribution >= 4 is 11.9 Å². The number of amides is 1. The first kappa shape index (κ1) is 12.2. The Labute approximate surface area is 94.5 Å². The normalized spacial score (nSPS) is 11.9. The molecule has 0 aromatic heterocycles. The van der Waals surface area contributed by atoms with Crippen LogP contribution in [0.3, 0.4) is 0 Å². The predicted octanol–water partition coefficient (Wildman–Crippen LogP) is 1.33. The number of likely N-dealkylation sites (N-methyl/N-ethyl adjacent to an activating group) is 1. The van der Waals surface area contributed by atoms with Crippen molar-refractivity contribution in [2.45, 2.75) is 12.8 Å². The van der Waals surface area contributed by atoms with Crippen LogP contribution in [-0.4, -0.2) is 35.5 Å². The fourth-order valence-electron chi connectivity index (χ4n) is 1.50. The third-order valence-electron chi connectivity index (χ3n) is 2.42. The minimum atomic E-state index is -1.00. The number of carbonyl (C=O) groups excluding carboxylic acids is 1. The number of hydrogen-bond donors (Lipinski definition) is 1. The minimum absolute atomic E-state index is 0.186. The molecule has 0 aliphatic rings. The second kappa shape index (κ2) is 5.30. The molecule has 0 spiro atoms. The van der Waals surface area contributed by atoms with Crippen molar-refractivity contribution in [2.75, 3.05) is 13.6 Å². The zero-order valence-corrected chi connectivity index (χ0v) is 9.38. The number of aliphatic carboxylic acids is 1. The summed E-state index contributed by atoms with van der Waals surface area (Å²) in [6.45, 7) is 1.51. The molecule has 0 heterocycles. The van der Waals surface area contributed by atoms with Crippen molar-refractivity contribution in [3.8, 4) is 0 Å². The van der Waals surface area contributed by atoms with E-state index in [0.717, 1.165) is 5.56 Å². The maximum absolute atomic E-state index is 11.8. The SMILES string of the molecule is CC(C(=O)N(C)CC(=O)O)c1ccccc1. The monoisotopic (exact) mass is 221 g/mol. The van der Waals surface area contributed by atoms with Gasteiger partial charge in [-0.25, -0.2) is 0 Å². The van der Waals surface area contributed by atoms with Crippen molar-refractivity contribution in [1.82, 2.24) is 4.90 Å². The topological polar surface area (TPSA) is 57.6 Å². The Bertz CT molecular complexity index is 375. The average Bonchev–Trinajstić information content (AvgIpc) is 2.27. The van der Waals surface area contributed by atoms with Gasteiger partial charge in [0.15, 0.2) is 0 Å². The van der Waals surface area contributed by atoms with Crippen molar-refractivity contribution < 1.29 is 14.7 Å². The standard InChI is InChI=1S/C12H15NO3/c1-9(10-6-4-3-5-7-10)12(16)13(2)8-11(14)15/h3-7,9H,8H2,1-2H3,(H,14,15). The molecule has 1 rings (SSSR count). The molecule has 4 nitrogen and oxygen atoms in total. The first-order valence-corrected chi connectivity index (χ1v) is 5.04. The molecule has 0 saturated heterocycles. The van der Waals surface area contributed by atoms with E-state index >= 15 is 0 Å². The third-order valence-corrected chi connectivity index (χ3v) is 2.42. The van der Waals surface area contributed by atoms with Gasteiger partial charge in [0.1, 0.15) is 6.54 Å². The number of carboxylic acids is 1. The van der Waals surface area contributed by atoms with Crippen LogP contribution in [0.2, 0.25) is 0 Å². The van der Waals surface area contributed by atoms with Crippen LogP contribution in [0, 0.1) is 0 Å². The van der Waals surface area contributed by atoms with Crippen molar-refractivity contribution in [3.63, 3.8) is 0 Å². The molecule has 0 bridgehead atoms. The van der Waals surface area contributed by atoms with Crippen LogP contribution in [0.4, 0.5) is 0 Å².